The number of thioether (sulfide) groups is 1. The van der Waals surface area contributed by atoms with Crippen LogP contribution in [0, 0.1) is 13.8 Å². The summed E-state index contributed by atoms with van der Waals surface area (Å²) in [5, 5.41) is 11.8. The molecule has 3 aromatic rings. The van der Waals surface area contributed by atoms with Crippen LogP contribution in [0.1, 0.15) is 40.8 Å². The van der Waals surface area contributed by atoms with Crippen molar-refractivity contribution in [3.05, 3.63) is 71.5 Å². The molecule has 0 saturated heterocycles. The lowest BCUT2D eigenvalue weighted by Crippen LogP contribution is -2.19. The molecule has 1 aromatic heterocycles. The van der Waals surface area contributed by atoms with Crippen LogP contribution in [0.3, 0.4) is 0 Å². The molecule has 138 valence electrons. The Labute approximate surface area is 163 Å². The van der Waals surface area contributed by atoms with E-state index in [1.807, 2.05) is 56.3 Å². The van der Waals surface area contributed by atoms with Crippen LogP contribution in [-0.4, -0.2) is 20.7 Å². The molecule has 27 heavy (non-hydrogen) atoms. The van der Waals surface area contributed by atoms with E-state index in [9.17, 15) is 4.79 Å². The summed E-state index contributed by atoms with van der Waals surface area (Å²) >= 11 is 1.46. The molecule has 6 heteroatoms. The molecular formula is C21H22N4OS. The molecule has 0 bridgehead atoms. The Morgan fingerprint density at radius 3 is 2.52 bits per heavy atom. The third-order valence-electron chi connectivity index (χ3n) is 4.53. The lowest BCUT2D eigenvalue weighted by atomic mass is 10.1. The van der Waals surface area contributed by atoms with Gasteiger partial charge in [0.25, 0.3) is 0 Å². The number of aryl methyl sites for hydroxylation is 2. The first-order valence-corrected chi connectivity index (χ1v) is 9.98. The van der Waals surface area contributed by atoms with Gasteiger partial charge in [-0.15, -0.1) is 10.2 Å². The summed E-state index contributed by atoms with van der Waals surface area (Å²) in [5.74, 6) is -0.0541. The van der Waals surface area contributed by atoms with E-state index in [2.05, 4.69) is 26.1 Å². The Morgan fingerprint density at radius 1 is 1.15 bits per heavy atom. The number of carbonyl (C=O) groups is 1. The normalized spacial score (nSPS) is 14.7. The molecule has 1 aliphatic carbocycles. The van der Waals surface area contributed by atoms with Crippen molar-refractivity contribution in [2.24, 2.45) is 0 Å². The molecule has 4 rings (SSSR count). The molecule has 1 unspecified atom stereocenters. The van der Waals surface area contributed by atoms with Crippen molar-refractivity contribution in [3.63, 3.8) is 0 Å². The highest BCUT2D eigenvalue weighted by molar-refractivity contribution is 8.00. The molecule has 1 fully saturated rings. The summed E-state index contributed by atoms with van der Waals surface area (Å²) in [6, 6.07) is 16.4. The fraction of sp³-hybridized carbons (Fsp3) is 0.286. The largest absolute Gasteiger partial charge is 0.325 e. The minimum atomic E-state index is -0.395. The fourth-order valence-electron chi connectivity index (χ4n) is 3.18. The molecule has 2 aromatic carbocycles. The molecule has 0 aliphatic heterocycles. The average Bonchev–Trinajstić information content (AvgIpc) is 3.38. The van der Waals surface area contributed by atoms with Crippen LogP contribution in [0.15, 0.2) is 60.0 Å². The number of carbonyl (C=O) groups excluding carboxylic acids is 1. The first-order valence-electron chi connectivity index (χ1n) is 9.10. The van der Waals surface area contributed by atoms with Crippen molar-refractivity contribution in [3.8, 4) is 0 Å². The standard InChI is InChI=1S/C21H22N4OS/c1-14-10-15(2)12-17(11-14)23-20(26)19(16-6-4-3-5-7-16)27-21-24-22-13-25(21)18-8-9-18/h3-7,10-13,18-19H,8-9H2,1-2H3,(H,23,26). The maximum atomic E-state index is 13.2. The van der Waals surface area contributed by atoms with Gasteiger partial charge in [0.15, 0.2) is 5.16 Å². The molecular weight excluding hydrogens is 356 g/mol. The van der Waals surface area contributed by atoms with Gasteiger partial charge >= 0.3 is 0 Å². The van der Waals surface area contributed by atoms with E-state index < -0.39 is 5.25 Å². The molecule has 1 N–H and O–H groups in total. The van der Waals surface area contributed by atoms with Gasteiger partial charge in [-0.1, -0.05) is 48.2 Å². The van der Waals surface area contributed by atoms with Crippen molar-refractivity contribution < 1.29 is 4.79 Å². The monoisotopic (exact) mass is 378 g/mol. The lowest BCUT2D eigenvalue weighted by molar-refractivity contribution is -0.115. The smallest absolute Gasteiger partial charge is 0.242 e. The van der Waals surface area contributed by atoms with Gasteiger partial charge in [0.05, 0.1) is 0 Å². The zero-order chi connectivity index (χ0) is 18.8. The first-order chi connectivity index (χ1) is 13.1. The van der Waals surface area contributed by atoms with Crippen molar-refractivity contribution in [2.45, 2.75) is 43.1 Å². The highest BCUT2D eigenvalue weighted by Gasteiger charge is 2.30. The minimum absolute atomic E-state index is 0.0541. The van der Waals surface area contributed by atoms with Crippen LogP contribution in [-0.2, 0) is 4.79 Å². The summed E-state index contributed by atoms with van der Waals surface area (Å²) in [4.78, 5) is 13.2. The zero-order valence-electron chi connectivity index (χ0n) is 15.4. The number of rotatable bonds is 6. The van der Waals surface area contributed by atoms with Gasteiger partial charge in [-0.3, -0.25) is 4.79 Å². The van der Waals surface area contributed by atoms with Crippen LogP contribution in [0.2, 0.25) is 0 Å². The maximum absolute atomic E-state index is 13.2. The number of nitrogens with zero attached hydrogens (tertiary/aromatic N) is 3. The number of nitrogens with one attached hydrogen (secondary N) is 1. The second-order valence-electron chi connectivity index (χ2n) is 7.03. The molecule has 1 atom stereocenters. The third kappa shape index (κ3) is 4.22. The number of aromatic nitrogens is 3. The Kier molecular flexibility index (Phi) is 4.99. The Morgan fingerprint density at radius 2 is 1.85 bits per heavy atom. The van der Waals surface area contributed by atoms with Crippen molar-refractivity contribution in [1.82, 2.24) is 14.8 Å². The van der Waals surface area contributed by atoms with Crippen LogP contribution < -0.4 is 5.32 Å². The molecule has 0 spiro atoms. The average molecular weight is 379 g/mol. The number of hydrogen-bond donors (Lipinski definition) is 1. The molecule has 0 radical (unpaired) electrons. The van der Waals surface area contributed by atoms with Gasteiger partial charge in [0, 0.05) is 11.7 Å². The summed E-state index contributed by atoms with van der Waals surface area (Å²) in [6.45, 7) is 4.06. The Bertz CT molecular complexity index is 930. The van der Waals surface area contributed by atoms with Gasteiger partial charge in [0.2, 0.25) is 5.91 Å². The molecule has 5 nitrogen and oxygen atoms in total. The molecule has 1 amide bonds. The van der Waals surface area contributed by atoms with Crippen molar-refractivity contribution in [2.75, 3.05) is 5.32 Å². The number of benzene rings is 2. The second-order valence-corrected chi connectivity index (χ2v) is 8.10. The molecule has 1 saturated carbocycles. The lowest BCUT2D eigenvalue weighted by Gasteiger charge is -2.17. The van der Waals surface area contributed by atoms with Crippen LogP contribution in [0.5, 0.6) is 0 Å². The quantitative estimate of drug-likeness (QED) is 0.632. The Balaban J connectivity index is 1.61. The minimum Gasteiger partial charge on any atom is -0.325 e. The van der Waals surface area contributed by atoms with Crippen LogP contribution in [0.25, 0.3) is 0 Å². The van der Waals surface area contributed by atoms with E-state index >= 15 is 0 Å². The molecule has 1 heterocycles. The highest BCUT2D eigenvalue weighted by atomic mass is 32.2. The fourth-order valence-corrected chi connectivity index (χ4v) is 4.26. The number of hydrogen-bond acceptors (Lipinski definition) is 4. The van der Waals surface area contributed by atoms with Crippen LogP contribution >= 0.6 is 11.8 Å². The highest BCUT2D eigenvalue weighted by Crippen LogP contribution is 2.41. The summed E-state index contributed by atoms with van der Waals surface area (Å²) in [5.41, 5.74) is 4.03. The summed E-state index contributed by atoms with van der Waals surface area (Å²) in [7, 11) is 0. The number of anilines is 1. The number of amides is 1. The van der Waals surface area contributed by atoms with Crippen molar-refractivity contribution >= 4 is 23.4 Å². The van der Waals surface area contributed by atoms with E-state index in [4.69, 9.17) is 0 Å². The summed E-state index contributed by atoms with van der Waals surface area (Å²) in [6.07, 6.45) is 4.07. The van der Waals surface area contributed by atoms with Gasteiger partial charge in [0.1, 0.15) is 11.6 Å². The maximum Gasteiger partial charge on any atom is 0.242 e. The van der Waals surface area contributed by atoms with E-state index in [0.29, 0.717) is 6.04 Å². The zero-order valence-corrected chi connectivity index (χ0v) is 16.2. The predicted molar refractivity (Wildman–Crippen MR) is 108 cm³/mol. The topological polar surface area (TPSA) is 59.8 Å². The summed E-state index contributed by atoms with van der Waals surface area (Å²) < 4.78 is 2.09. The van der Waals surface area contributed by atoms with E-state index in [1.54, 1.807) is 6.33 Å². The first kappa shape index (κ1) is 17.8. The van der Waals surface area contributed by atoms with Crippen molar-refractivity contribution in [1.29, 1.82) is 0 Å². The Hall–Kier alpha value is -2.60. The van der Waals surface area contributed by atoms with Gasteiger partial charge in [-0.2, -0.15) is 0 Å². The van der Waals surface area contributed by atoms with E-state index in [-0.39, 0.29) is 5.91 Å². The van der Waals surface area contributed by atoms with Gasteiger partial charge < -0.3 is 9.88 Å². The van der Waals surface area contributed by atoms with Gasteiger partial charge in [-0.25, -0.2) is 0 Å². The third-order valence-corrected chi connectivity index (χ3v) is 5.76. The molecule has 1 aliphatic rings. The van der Waals surface area contributed by atoms with E-state index in [0.717, 1.165) is 40.4 Å². The second kappa shape index (κ2) is 7.56. The predicted octanol–water partition coefficient (Wildman–Crippen LogP) is 4.70. The van der Waals surface area contributed by atoms with Gasteiger partial charge in [-0.05, 0) is 55.5 Å². The van der Waals surface area contributed by atoms with E-state index in [1.165, 1.54) is 11.8 Å². The van der Waals surface area contributed by atoms with Crippen LogP contribution in [0.4, 0.5) is 5.69 Å². The SMILES string of the molecule is Cc1cc(C)cc(NC(=O)C(Sc2nncn2C2CC2)c2ccccc2)c1.